The lowest BCUT2D eigenvalue weighted by molar-refractivity contribution is 0.143. The number of nitrogens with zero attached hydrogens (tertiary/aromatic N) is 2. The molecule has 0 bridgehead atoms. The summed E-state index contributed by atoms with van der Waals surface area (Å²) in [5, 5.41) is 7.10. The third-order valence-electron chi connectivity index (χ3n) is 4.64. The van der Waals surface area contributed by atoms with Gasteiger partial charge in [0.15, 0.2) is 5.96 Å². The van der Waals surface area contributed by atoms with Crippen molar-refractivity contribution in [1.29, 1.82) is 0 Å². The van der Waals surface area contributed by atoms with Gasteiger partial charge in [-0.3, -0.25) is 9.20 Å². The molecule has 0 aliphatic heterocycles. The number of guanidine groups is 1. The summed E-state index contributed by atoms with van der Waals surface area (Å²) in [7, 11) is 2.69. The van der Waals surface area contributed by atoms with E-state index in [0.717, 1.165) is 43.0 Å². The molecule has 3 atom stereocenters. The fourth-order valence-corrected chi connectivity index (χ4v) is 4.50. The van der Waals surface area contributed by atoms with Crippen LogP contribution < -0.4 is 15.4 Å². The zero-order chi connectivity index (χ0) is 19.5. The van der Waals surface area contributed by atoms with Crippen LogP contribution in [0.1, 0.15) is 38.2 Å². The number of rotatable bonds is 9. The smallest absolute Gasteiger partial charge is 0.213 e. The molecule has 1 aliphatic carbocycles. The molecule has 1 saturated carbocycles. The monoisotopic (exact) mass is 396 g/mol. The van der Waals surface area contributed by atoms with Crippen LogP contribution in [0.15, 0.2) is 23.3 Å². The quantitative estimate of drug-likeness (QED) is 0.376. The third kappa shape index (κ3) is 7.46. The van der Waals surface area contributed by atoms with Gasteiger partial charge in [-0.2, -0.15) is 0 Å². The number of aromatic nitrogens is 1. The number of nitrogens with one attached hydrogen (secondary N) is 2. The molecule has 0 radical (unpaired) electrons. The van der Waals surface area contributed by atoms with Crippen molar-refractivity contribution in [2.24, 2.45) is 4.99 Å². The van der Waals surface area contributed by atoms with Gasteiger partial charge in [0, 0.05) is 60.8 Å². The number of hydrogen-bond donors (Lipinski definition) is 2. The van der Waals surface area contributed by atoms with E-state index in [1.54, 1.807) is 20.4 Å². The Kier molecular flexibility index (Phi) is 9.55. The summed E-state index contributed by atoms with van der Waals surface area (Å²) in [5.41, 5.74) is 1.05. The maximum absolute atomic E-state index is 12.1. The van der Waals surface area contributed by atoms with Gasteiger partial charge in [-0.1, -0.05) is 19.4 Å². The fraction of sp³-hybridized carbons (Fsp3) is 0.684. The Morgan fingerprint density at radius 3 is 2.89 bits per heavy atom. The van der Waals surface area contributed by atoms with Crippen molar-refractivity contribution < 1.29 is 13.7 Å². The van der Waals surface area contributed by atoms with Crippen molar-refractivity contribution in [3.63, 3.8) is 0 Å². The van der Waals surface area contributed by atoms with Crippen LogP contribution in [0.2, 0.25) is 0 Å². The van der Waals surface area contributed by atoms with Gasteiger partial charge >= 0.3 is 0 Å². The van der Waals surface area contributed by atoms with Crippen LogP contribution in [-0.4, -0.2) is 59.6 Å². The Hall–Kier alpha value is -1.67. The Bertz CT molecular complexity index is 609. The van der Waals surface area contributed by atoms with Gasteiger partial charge in [-0.15, -0.1) is 0 Å². The Balaban J connectivity index is 1.79. The van der Waals surface area contributed by atoms with E-state index < -0.39 is 10.8 Å². The molecule has 8 heteroatoms. The lowest BCUT2D eigenvalue weighted by Crippen LogP contribution is -2.46. The molecule has 1 aliphatic rings. The zero-order valence-electron chi connectivity index (χ0n) is 16.6. The van der Waals surface area contributed by atoms with Crippen LogP contribution in [0.3, 0.4) is 0 Å². The van der Waals surface area contributed by atoms with Crippen LogP contribution in [0.25, 0.3) is 0 Å². The predicted molar refractivity (Wildman–Crippen MR) is 110 cm³/mol. The van der Waals surface area contributed by atoms with E-state index >= 15 is 0 Å². The summed E-state index contributed by atoms with van der Waals surface area (Å²) in [6.45, 7) is 3.65. The number of hydrogen-bond acceptors (Lipinski definition) is 5. The first kappa shape index (κ1) is 21.6. The summed E-state index contributed by atoms with van der Waals surface area (Å²) in [5.74, 6) is 2.10. The number of aliphatic imine (C=N–C) groups is 1. The second kappa shape index (κ2) is 11.9. The molecule has 27 heavy (non-hydrogen) atoms. The Morgan fingerprint density at radius 2 is 2.22 bits per heavy atom. The molecular formula is C19H32N4O3S. The van der Waals surface area contributed by atoms with Crippen LogP contribution >= 0.6 is 0 Å². The van der Waals surface area contributed by atoms with E-state index in [1.165, 1.54) is 0 Å². The molecule has 1 aromatic rings. The van der Waals surface area contributed by atoms with Crippen molar-refractivity contribution >= 4 is 16.8 Å². The molecule has 3 unspecified atom stereocenters. The molecule has 1 aromatic heterocycles. The second-order valence-corrected chi connectivity index (χ2v) is 8.58. The molecule has 7 nitrogen and oxygen atoms in total. The van der Waals surface area contributed by atoms with Crippen molar-refractivity contribution in [3.8, 4) is 5.88 Å². The summed E-state index contributed by atoms with van der Waals surface area (Å²) >= 11 is 0. The van der Waals surface area contributed by atoms with Crippen LogP contribution in [-0.2, 0) is 22.1 Å². The maximum Gasteiger partial charge on any atom is 0.213 e. The Morgan fingerprint density at radius 1 is 1.37 bits per heavy atom. The van der Waals surface area contributed by atoms with Crippen LogP contribution in [0, 0.1) is 0 Å². The first-order chi connectivity index (χ1) is 13.2. The first-order valence-electron chi connectivity index (χ1n) is 9.57. The van der Waals surface area contributed by atoms with Crippen molar-refractivity contribution in [1.82, 2.24) is 15.6 Å². The first-order valence-corrected chi connectivity index (χ1v) is 11.0. The summed E-state index contributed by atoms with van der Waals surface area (Å²) in [6, 6.07) is 4.16. The molecule has 1 heterocycles. The van der Waals surface area contributed by atoms with E-state index in [0.29, 0.717) is 36.9 Å². The SMILES string of the molecule is CCS(=O)C1CCCC(NC(=NC)NCc2ccc(OCCOC)nc2)C1. The highest BCUT2D eigenvalue weighted by Gasteiger charge is 2.25. The molecule has 152 valence electrons. The van der Waals surface area contributed by atoms with E-state index in [2.05, 4.69) is 20.6 Å². The molecule has 2 N–H and O–H groups in total. The maximum atomic E-state index is 12.1. The van der Waals surface area contributed by atoms with Crippen LogP contribution in [0.5, 0.6) is 5.88 Å². The molecule has 0 saturated heterocycles. The highest BCUT2D eigenvalue weighted by Crippen LogP contribution is 2.23. The molecule has 0 aromatic carbocycles. The number of methoxy groups -OCH3 is 1. The highest BCUT2D eigenvalue weighted by atomic mass is 32.2. The average Bonchev–Trinajstić information content (AvgIpc) is 2.71. The number of pyridine rings is 1. The van der Waals surface area contributed by atoms with Gasteiger partial charge in [0.2, 0.25) is 5.88 Å². The standard InChI is InChI=1S/C19H32N4O3S/c1-4-27(24)17-7-5-6-16(12-17)23-19(20-2)22-14-15-8-9-18(21-13-15)26-11-10-25-3/h8-9,13,16-17H,4-7,10-12,14H2,1-3H3,(H2,20,22,23). The molecule has 0 amide bonds. The molecular weight excluding hydrogens is 364 g/mol. The van der Waals surface area contributed by atoms with Gasteiger partial charge in [-0.05, 0) is 24.8 Å². The van der Waals surface area contributed by atoms with Gasteiger partial charge in [0.1, 0.15) is 6.61 Å². The summed E-state index contributed by atoms with van der Waals surface area (Å²) in [4.78, 5) is 8.61. The van der Waals surface area contributed by atoms with E-state index in [1.807, 2.05) is 19.1 Å². The minimum atomic E-state index is -0.718. The average molecular weight is 397 g/mol. The highest BCUT2D eigenvalue weighted by molar-refractivity contribution is 7.85. The van der Waals surface area contributed by atoms with Gasteiger partial charge < -0.3 is 20.1 Å². The molecule has 0 spiro atoms. The second-order valence-electron chi connectivity index (χ2n) is 6.57. The van der Waals surface area contributed by atoms with Crippen LogP contribution in [0.4, 0.5) is 0 Å². The lowest BCUT2D eigenvalue weighted by atomic mass is 9.95. The lowest BCUT2D eigenvalue weighted by Gasteiger charge is -2.30. The van der Waals surface area contributed by atoms with Crippen molar-refractivity contribution in [2.45, 2.75) is 50.4 Å². The largest absolute Gasteiger partial charge is 0.475 e. The normalized spacial score (nSPS) is 21.5. The third-order valence-corrected chi connectivity index (χ3v) is 6.38. The summed E-state index contributed by atoms with van der Waals surface area (Å²) < 4.78 is 22.5. The zero-order valence-corrected chi connectivity index (χ0v) is 17.4. The van der Waals surface area contributed by atoms with Crippen molar-refractivity contribution in [2.75, 3.05) is 33.1 Å². The minimum Gasteiger partial charge on any atom is -0.475 e. The summed E-state index contributed by atoms with van der Waals surface area (Å²) in [6.07, 6.45) is 6.00. The van der Waals surface area contributed by atoms with Gasteiger partial charge in [-0.25, -0.2) is 4.98 Å². The fourth-order valence-electron chi connectivity index (χ4n) is 3.15. The van der Waals surface area contributed by atoms with E-state index in [4.69, 9.17) is 9.47 Å². The van der Waals surface area contributed by atoms with Crippen molar-refractivity contribution in [3.05, 3.63) is 23.9 Å². The minimum absolute atomic E-state index is 0.300. The van der Waals surface area contributed by atoms with E-state index in [-0.39, 0.29) is 0 Å². The topological polar surface area (TPSA) is 84.8 Å². The van der Waals surface area contributed by atoms with Gasteiger partial charge in [0.05, 0.1) is 6.61 Å². The molecule has 2 rings (SSSR count). The predicted octanol–water partition coefficient (Wildman–Crippen LogP) is 1.85. The number of ether oxygens (including phenoxy) is 2. The van der Waals surface area contributed by atoms with Gasteiger partial charge in [0.25, 0.3) is 0 Å². The van der Waals surface area contributed by atoms with E-state index in [9.17, 15) is 4.21 Å². The Labute approximate surface area is 164 Å². The molecule has 1 fully saturated rings.